The fraction of sp³-hybridized carbons (Fsp3) is 0.231. The molecule has 7 heteroatoms. The van der Waals surface area contributed by atoms with E-state index >= 15 is 0 Å². The highest BCUT2D eigenvalue weighted by Gasteiger charge is 2.41. The Hall–Kier alpha value is -3.87. The van der Waals surface area contributed by atoms with Crippen LogP contribution in [0, 0.1) is 17.7 Å². The summed E-state index contributed by atoms with van der Waals surface area (Å²) in [7, 11) is 1.47. The van der Waals surface area contributed by atoms with Gasteiger partial charge in [0.1, 0.15) is 23.3 Å². The summed E-state index contributed by atoms with van der Waals surface area (Å²) in [5.41, 5.74) is 0.989. The minimum atomic E-state index is -1.34. The van der Waals surface area contributed by atoms with Crippen molar-refractivity contribution in [3.05, 3.63) is 90.0 Å². The highest BCUT2D eigenvalue weighted by Crippen LogP contribution is 2.33. The number of benzene rings is 2. The van der Waals surface area contributed by atoms with Crippen LogP contribution in [-0.2, 0) is 9.59 Å². The number of carbonyl (C=O) groups excluding carboxylic acids is 3. The number of pyridine rings is 1. The monoisotopic (exact) mass is 448 g/mol. The predicted octanol–water partition coefficient (Wildman–Crippen LogP) is 4.68. The number of hydrogen-bond acceptors (Lipinski definition) is 5. The second kappa shape index (κ2) is 10.6. The van der Waals surface area contributed by atoms with Gasteiger partial charge in [0.25, 0.3) is 0 Å². The van der Waals surface area contributed by atoms with Crippen molar-refractivity contribution in [2.45, 2.75) is 19.8 Å². The van der Waals surface area contributed by atoms with Crippen molar-refractivity contribution in [1.82, 2.24) is 4.98 Å². The highest BCUT2D eigenvalue weighted by atomic mass is 19.1. The van der Waals surface area contributed by atoms with Crippen molar-refractivity contribution in [1.29, 1.82) is 0 Å². The maximum Gasteiger partial charge on any atom is 0.236 e. The first-order chi connectivity index (χ1) is 15.8. The molecule has 0 bridgehead atoms. The van der Waals surface area contributed by atoms with E-state index in [0.29, 0.717) is 17.0 Å². The first-order valence-corrected chi connectivity index (χ1v) is 10.5. The molecule has 1 N–H and O–H groups in total. The number of amides is 1. The Balaban J connectivity index is 2.10. The smallest absolute Gasteiger partial charge is 0.236 e. The van der Waals surface area contributed by atoms with Crippen LogP contribution in [0.15, 0.2) is 73.1 Å². The third-order valence-corrected chi connectivity index (χ3v) is 5.31. The van der Waals surface area contributed by atoms with Crippen LogP contribution >= 0.6 is 0 Å². The number of halogens is 1. The molecule has 3 rings (SSSR count). The van der Waals surface area contributed by atoms with Gasteiger partial charge in [-0.25, -0.2) is 4.39 Å². The Kier molecular flexibility index (Phi) is 7.66. The van der Waals surface area contributed by atoms with E-state index in [1.807, 2.05) is 0 Å². The molecular weight excluding hydrogens is 423 g/mol. The zero-order valence-electron chi connectivity index (χ0n) is 18.6. The summed E-state index contributed by atoms with van der Waals surface area (Å²) in [6.45, 7) is 3.35. The number of nitrogens with zero attached hydrogens (tertiary/aromatic N) is 1. The molecule has 3 aromatic rings. The molecule has 1 aromatic heterocycles. The van der Waals surface area contributed by atoms with Crippen molar-refractivity contribution in [2.24, 2.45) is 11.8 Å². The number of nitrogens with one attached hydrogen (secondary N) is 1. The molecular formula is C26H25FN2O4. The Morgan fingerprint density at radius 3 is 2.27 bits per heavy atom. The summed E-state index contributed by atoms with van der Waals surface area (Å²) < 4.78 is 18.8. The van der Waals surface area contributed by atoms with Gasteiger partial charge in [-0.1, -0.05) is 32.0 Å². The topological polar surface area (TPSA) is 85.4 Å². The molecule has 6 nitrogen and oxygen atoms in total. The summed E-state index contributed by atoms with van der Waals surface area (Å²) in [6, 6.07) is 15.1. The average Bonchev–Trinajstić information content (AvgIpc) is 2.82. The van der Waals surface area contributed by atoms with E-state index < -0.39 is 41.0 Å². The van der Waals surface area contributed by atoms with Crippen LogP contribution in [0.1, 0.15) is 35.7 Å². The Morgan fingerprint density at radius 1 is 0.970 bits per heavy atom. The lowest BCUT2D eigenvalue weighted by molar-refractivity contribution is -0.133. The number of Topliss-reactive ketones (excluding diaryl/α,β-unsaturated/α-hetero) is 2. The van der Waals surface area contributed by atoms with Gasteiger partial charge >= 0.3 is 0 Å². The summed E-state index contributed by atoms with van der Waals surface area (Å²) >= 11 is 0. The van der Waals surface area contributed by atoms with Gasteiger partial charge in [0, 0.05) is 23.9 Å². The largest absolute Gasteiger partial charge is 0.495 e. The van der Waals surface area contributed by atoms with Gasteiger partial charge in [0.2, 0.25) is 5.91 Å². The van der Waals surface area contributed by atoms with E-state index in [-0.39, 0.29) is 5.56 Å². The van der Waals surface area contributed by atoms with E-state index in [4.69, 9.17) is 4.74 Å². The molecule has 0 spiro atoms. The minimum absolute atomic E-state index is 0.192. The van der Waals surface area contributed by atoms with Crippen LogP contribution in [0.4, 0.5) is 10.1 Å². The molecule has 1 amide bonds. The number of ether oxygens (including phenoxy) is 1. The van der Waals surface area contributed by atoms with Crippen molar-refractivity contribution in [3.63, 3.8) is 0 Å². The van der Waals surface area contributed by atoms with Crippen molar-refractivity contribution in [3.8, 4) is 5.75 Å². The van der Waals surface area contributed by atoms with E-state index in [2.05, 4.69) is 10.3 Å². The molecule has 0 aliphatic carbocycles. The van der Waals surface area contributed by atoms with E-state index in [1.165, 1.54) is 43.8 Å². The van der Waals surface area contributed by atoms with Gasteiger partial charge in [0.05, 0.1) is 18.7 Å². The lowest BCUT2D eigenvalue weighted by Gasteiger charge is -2.26. The van der Waals surface area contributed by atoms with E-state index in [9.17, 15) is 18.8 Å². The number of carbonyl (C=O) groups is 3. The molecule has 0 saturated heterocycles. The fourth-order valence-corrected chi connectivity index (χ4v) is 3.61. The molecule has 33 heavy (non-hydrogen) atoms. The second-order valence-corrected chi connectivity index (χ2v) is 7.86. The Morgan fingerprint density at radius 2 is 1.67 bits per heavy atom. The van der Waals surface area contributed by atoms with Crippen LogP contribution in [-0.4, -0.2) is 29.6 Å². The molecule has 2 atom stereocenters. The van der Waals surface area contributed by atoms with Gasteiger partial charge in [0.15, 0.2) is 5.78 Å². The zero-order chi connectivity index (χ0) is 24.0. The van der Waals surface area contributed by atoms with Crippen molar-refractivity contribution in [2.75, 3.05) is 12.4 Å². The van der Waals surface area contributed by atoms with E-state index in [0.717, 1.165) is 0 Å². The van der Waals surface area contributed by atoms with Gasteiger partial charge in [-0.3, -0.25) is 19.4 Å². The molecule has 1 heterocycles. The lowest BCUT2D eigenvalue weighted by Crippen LogP contribution is -2.40. The number of aromatic nitrogens is 1. The highest BCUT2D eigenvalue weighted by molar-refractivity contribution is 6.15. The number of methoxy groups -OCH3 is 1. The number of para-hydroxylation sites is 2. The molecule has 0 aliphatic rings. The van der Waals surface area contributed by atoms with Crippen LogP contribution < -0.4 is 10.1 Å². The third-order valence-electron chi connectivity index (χ3n) is 5.31. The summed E-state index contributed by atoms with van der Waals surface area (Å²) in [6.07, 6.45) is 3.00. The fourth-order valence-electron chi connectivity index (χ4n) is 3.61. The van der Waals surface area contributed by atoms with Gasteiger partial charge in [-0.05, 0) is 48.0 Å². The summed E-state index contributed by atoms with van der Waals surface area (Å²) in [4.78, 5) is 44.5. The maximum atomic E-state index is 13.6. The Bertz CT molecular complexity index is 1130. The zero-order valence-corrected chi connectivity index (χ0v) is 18.6. The number of anilines is 1. The van der Waals surface area contributed by atoms with Crippen LogP contribution in [0.2, 0.25) is 0 Å². The maximum absolute atomic E-state index is 13.6. The minimum Gasteiger partial charge on any atom is -0.495 e. The number of rotatable bonds is 9. The number of hydrogen-bond donors (Lipinski definition) is 1. The van der Waals surface area contributed by atoms with Gasteiger partial charge in [-0.15, -0.1) is 0 Å². The van der Waals surface area contributed by atoms with Crippen molar-refractivity contribution < 1.29 is 23.5 Å². The standard InChI is InChI=1S/C26H25FN2O4/c1-16(2)24(30)23(26(32)29-20-8-4-5-9-21(20)33-3)22(18-7-6-14-28-15-18)25(31)17-10-12-19(27)13-11-17/h4-16,22-23H,1-3H3,(H,29,32). The molecule has 2 aromatic carbocycles. The van der Waals surface area contributed by atoms with Crippen LogP contribution in [0.5, 0.6) is 5.75 Å². The normalized spacial score (nSPS) is 12.6. The SMILES string of the molecule is COc1ccccc1NC(=O)C(C(=O)C(C)C)C(C(=O)c1ccc(F)cc1)c1cccnc1. The second-order valence-electron chi connectivity index (χ2n) is 7.86. The molecule has 0 aliphatic heterocycles. The van der Waals surface area contributed by atoms with Gasteiger partial charge in [-0.2, -0.15) is 0 Å². The average molecular weight is 448 g/mol. The number of ketones is 2. The van der Waals surface area contributed by atoms with Gasteiger partial charge < -0.3 is 10.1 Å². The summed E-state index contributed by atoms with van der Waals surface area (Å²) in [5.74, 6) is -4.58. The Labute approximate surface area is 191 Å². The molecule has 170 valence electrons. The van der Waals surface area contributed by atoms with Crippen LogP contribution in [0.25, 0.3) is 0 Å². The first-order valence-electron chi connectivity index (χ1n) is 10.5. The first kappa shape index (κ1) is 23.8. The molecule has 0 fully saturated rings. The van der Waals surface area contributed by atoms with Crippen molar-refractivity contribution >= 4 is 23.2 Å². The third kappa shape index (κ3) is 5.49. The van der Waals surface area contributed by atoms with Crippen LogP contribution in [0.3, 0.4) is 0 Å². The van der Waals surface area contributed by atoms with E-state index in [1.54, 1.807) is 50.2 Å². The lowest BCUT2D eigenvalue weighted by atomic mass is 9.76. The molecule has 0 saturated carbocycles. The molecule has 0 radical (unpaired) electrons. The quantitative estimate of drug-likeness (QED) is 0.380. The molecule has 2 unspecified atom stereocenters. The predicted molar refractivity (Wildman–Crippen MR) is 123 cm³/mol. The summed E-state index contributed by atoms with van der Waals surface area (Å²) in [5, 5.41) is 2.75.